The lowest BCUT2D eigenvalue weighted by Gasteiger charge is -2.03. The average Bonchev–Trinajstić information content (AvgIpc) is 2.46. The number of aromatic amines is 1. The molecule has 0 aliphatic rings. The molecule has 0 amide bonds. The van der Waals surface area contributed by atoms with E-state index in [0.717, 1.165) is 0 Å². The van der Waals surface area contributed by atoms with Crippen LogP contribution in [0.2, 0.25) is 0 Å². The molecule has 0 spiro atoms. The Balaban J connectivity index is 2.47. The summed E-state index contributed by atoms with van der Waals surface area (Å²) < 4.78 is 4.46. The van der Waals surface area contributed by atoms with E-state index < -0.39 is 16.5 Å². The van der Waals surface area contributed by atoms with Gasteiger partial charge in [-0.05, 0) is 12.1 Å². The van der Waals surface area contributed by atoms with Crippen molar-refractivity contribution in [1.29, 1.82) is 0 Å². The van der Waals surface area contributed by atoms with E-state index in [0.29, 0.717) is 11.3 Å². The second-order valence-electron chi connectivity index (χ2n) is 3.91. The highest BCUT2D eigenvalue weighted by Crippen LogP contribution is 2.21. The van der Waals surface area contributed by atoms with Gasteiger partial charge in [0, 0.05) is 23.4 Å². The zero-order chi connectivity index (χ0) is 14.7. The first-order chi connectivity index (χ1) is 9.52. The largest absolute Gasteiger partial charge is 0.465 e. The van der Waals surface area contributed by atoms with Crippen molar-refractivity contribution in [3.8, 4) is 11.3 Å². The van der Waals surface area contributed by atoms with Crippen molar-refractivity contribution in [2.45, 2.75) is 0 Å². The van der Waals surface area contributed by atoms with E-state index in [2.05, 4.69) is 9.72 Å². The molecule has 0 saturated heterocycles. The van der Waals surface area contributed by atoms with Crippen LogP contribution in [0.1, 0.15) is 10.4 Å². The Labute approximate surface area is 113 Å². The monoisotopic (exact) mass is 274 g/mol. The number of aromatic nitrogens is 1. The van der Waals surface area contributed by atoms with Crippen molar-refractivity contribution in [3.63, 3.8) is 0 Å². The van der Waals surface area contributed by atoms with Gasteiger partial charge in [0.15, 0.2) is 0 Å². The number of carbonyl (C=O) groups excluding carboxylic acids is 1. The van der Waals surface area contributed by atoms with Gasteiger partial charge in [-0.15, -0.1) is 0 Å². The van der Waals surface area contributed by atoms with Gasteiger partial charge in [-0.1, -0.05) is 12.1 Å². The SMILES string of the molecule is COC(=O)c1ccc(-c2cccc([N+](=O)[O-])c2)[nH]c1=O. The molecule has 2 rings (SSSR count). The normalized spacial score (nSPS) is 10.1. The predicted octanol–water partition coefficient (Wildman–Crippen LogP) is 1.74. The van der Waals surface area contributed by atoms with Crippen LogP contribution < -0.4 is 5.56 Å². The number of nitro benzene ring substituents is 1. The smallest absolute Gasteiger partial charge is 0.343 e. The number of hydrogen-bond acceptors (Lipinski definition) is 5. The van der Waals surface area contributed by atoms with E-state index in [4.69, 9.17) is 0 Å². The summed E-state index contributed by atoms with van der Waals surface area (Å²) >= 11 is 0. The first-order valence-corrected chi connectivity index (χ1v) is 5.59. The minimum absolute atomic E-state index is 0.0830. The fourth-order valence-corrected chi connectivity index (χ4v) is 1.70. The zero-order valence-corrected chi connectivity index (χ0v) is 10.5. The highest BCUT2D eigenvalue weighted by atomic mass is 16.6. The Morgan fingerprint density at radius 1 is 1.30 bits per heavy atom. The van der Waals surface area contributed by atoms with Gasteiger partial charge in [-0.2, -0.15) is 0 Å². The molecule has 0 saturated carbocycles. The Morgan fingerprint density at radius 3 is 2.65 bits per heavy atom. The third-order valence-electron chi connectivity index (χ3n) is 2.68. The Kier molecular flexibility index (Phi) is 3.60. The molecule has 1 aromatic carbocycles. The molecular formula is C13H10N2O5. The number of hydrogen-bond donors (Lipinski definition) is 1. The standard InChI is InChI=1S/C13H10N2O5/c1-20-13(17)10-5-6-11(14-12(10)16)8-3-2-4-9(7-8)15(18)19/h2-7H,1H3,(H,14,16). The minimum atomic E-state index is -0.739. The average molecular weight is 274 g/mol. The van der Waals surface area contributed by atoms with Gasteiger partial charge in [0.2, 0.25) is 0 Å². The van der Waals surface area contributed by atoms with Crippen LogP contribution in [-0.2, 0) is 4.74 Å². The van der Waals surface area contributed by atoms with Gasteiger partial charge in [0.25, 0.3) is 11.2 Å². The summed E-state index contributed by atoms with van der Waals surface area (Å²) in [5, 5.41) is 10.7. The van der Waals surface area contributed by atoms with Crippen LogP contribution in [0.3, 0.4) is 0 Å². The molecule has 7 nitrogen and oxygen atoms in total. The van der Waals surface area contributed by atoms with Crippen LogP contribution in [0.4, 0.5) is 5.69 Å². The second-order valence-corrected chi connectivity index (χ2v) is 3.91. The number of pyridine rings is 1. The van der Waals surface area contributed by atoms with Gasteiger partial charge in [-0.25, -0.2) is 4.79 Å². The molecule has 7 heteroatoms. The number of benzene rings is 1. The molecule has 0 radical (unpaired) electrons. The summed E-state index contributed by atoms with van der Waals surface area (Å²) in [4.78, 5) is 35.7. The number of H-pyrrole nitrogens is 1. The van der Waals surface area contributed by atoms with E-state index >= 15 is 0 Å². The zero-order valence-electron chi connectivity index (χ0n) is 10.5. The molecule has 0 unspecified atom stereocenters. The Morgan fingerprint density at radius 2 is 2.05 bits per heavy atom. The molecular weight excluding hydrogens is 264 g/mol. The van der Waals surface area contributed by atoms with E-state index in [1.165, 1.54) is 37.4 Å². The molecule has 2 aromatic rings. The fraction of sp³-hybridized carbons (Fsp3) is 0.0769. The topological polar surface area (TPSA) is 102 Å². The van der Waals surface area contributed by atoms with Gasteiger partial charge in [-0.3, -0.25) is 14.9 Å². The lowest BCUT2D eigenvalue weighted by molar-refractivity contribution is -0.384. The van der Waals surface area contributed by atoms with Gasteiger partial charge in [0.1, 0.15) is 5.56 Å². The van der Waals surface area contributed by atoms with Gasteiger partial charge < -0.3 is 9.72 Å². The number of nitrogens with zero attached hydrogens (tertiary/aromatic N) is 1. The van der Waals surface area contributed by atoms with E-state index in [1.807, 2.05) is 0 Å². The third-order valence-corrected chi connectivity index (χ3v) is 2.68. The molecule has 20 heavy (non-hydrogen) atoms. The molecule has 1 N–H and O–H groups in total. The summed E-state index contributed by atoms with van der Waals surface area (Å²) in [7, 11) is 1.18. The second kappa shape index (κ2) is 5.35. The highest BCUT2D eigenvalue weighted by molar-refractivity contribution is 5.89. The maximum Gasteiger partial charge on any atom is 0.343 e. The van der Waals surface area contributed by atoms with Gasteiger partial charge >= 0.3 is 5.97 Å². The van der Waals surface area contributed by atoms with Crippen LogP contribution in [-0.4, -0.2) is 23.0 Å². The highest BCUT2D eigenvalue weighted by Gasteiger charge is 2.12. The lowest BCUT2D eigenvalue weighted by atomic mass is 10.1. The van der Waals surface area contributed by atoms with E-state index in [1.54, 1.807) is 6.07 Å². The molecule has 0 aliphatic heterocycles. The van der Waals surface area contributed by atoms with Crippen LogP contribution in [0.15, 0.2) is 41.2 Å². The first kappa shape index (κ1) is 13.5. The van der Waals surface area contributed by atoms with Crippen molar-refractivity contribution in [1.82, 2.24) is 4.98 Å². The summed E-state index contributed by atoms with van der Waals surface area (Å²) in [5.41, 5.74) is 0.0435. The molecule has 102 valence electrons. The predicted molar refractivity (Wildman–Crippen MR) is 70.5 cm³/mol. The third kappa shape index (κ3) is 2.56. The van der Waals surface area contributed by atoms with Crippen molar-refractivity contribution in [3.05, 3.63) is 62.4 Å². The molecule has 0 fully saturated rings. The van der Waals surface area contributed by atoms with Crippen LogP contribution in [0.25, 0.3) is 11.3 Å². The quantitative estimate of drug-likeness (QED) is 0.521. The number of nitro groups is 1. The lowest BCUT2D eigenvalue weighted by Crippen LogP contribution is -2.18. The van der Waals surface area contributed by atoms with Crippen LogP contribution >= 0.6 is 0 Å². The number of carbonyl (C=O) groups is 1. The first-order valence-electron chi connectivity index (χ1n) is 5.59. The maximum atomic E-state index is 11.7. The molecule has 1 heterocycles. The summed E-state index contributed by atoms with van der Waals surface area (Å²) in [6, 6.07) is 8.63. The van der Waals surface area contributed by atoms with Crippen LogP contribution in [0, 0.1) is 10.1 Å². The molecule has 1 aromatic heterocycles. The number of methoxy groups -OCH3 is 1. The summed E-state index contributed by atoms with van der Waals surface area (Å²) in [6.45, 7) is 0. The van der Waals surface area contributed by atoms with E-state index in [9.17, 15) is 19.7 Å². The van der Waals surface area contributed by atoms with Crippen molar-refractivity contribution in [2.75, 3.05) is 7.11 Å². The van der Waals surface area contributed by atoms with Crippen molar-refractivity contribution < 1.29 is 14.5 Å². The van der Waals surface area contributed by atoms with Gasteiger partial charge in [0.05, 0.1) is 12.0 Å². The molecule has 0 aliphatic carbocycles. The number of ether oxygens (including phenoxy) is 1. The molecule has 0 atom stereocenters. The van der Waals surface area contributed by atoms with E-state index in [-0.39, 0.29) is 11.3 Å². The van der Waals surface area contributed by atoms with Crippen LogP contribution in [0.5, 0.6) is 0 Å². The number of nitrogens with one attached hydrogen (secondary N) is 1. The summed E-state index contributed by atoms with van der Waals surface area (Å²) in [6.07, 6.45) is 0. The fourth-order valence-electron chi connectivity index (χ4n) is 1.70. The minimum Gasteiger partial charge on any atom is -0.465 e. The number of esters is 1. The van der Waals surface area contributed by atoms with Crippen molar-refractivity contribution >= 4 is 11.7 Å². The Bertz CT molecular complexity index is 736. The number of rotatable bonds is 3. The Hall–Kier alpha value is -2.96. The maximum absolute atomic E-state index is 11.7. The number of non-ortho nitro benzene ring substituents is 1. The van der Waals surface area contributed by atoms with Crippen molar-refractivity contribution in [2.24, 2.45) is 0 Å². The summed E-state index contributed by atoms with van der Waals surface area (Å²) in [5.74, 6) is -0.739. The molecule has 0 bridgehead atoms.